The summed E-state index contributed by atoms with van der Waals surface area (Å²) in [5, 5.41) is 15.0. The minimum absolute atomic E-state index is 0.00816. The highest BCUT2D eigenvalue weighted by Crippen LogP contribution is 2.41. The number of anilines is 2. The molecule has 10 heteroatoms. The molecule has 160 valence electrons. The number of urea groups is 1. The molecule has 1 aromatic carbocycles. The van der Waals surface area contributed by atoms with Gasteiger partial charge in [-0.15, -0.1) is 0 Å². The van der Waals surface area contributed by atoms with Crippen LogP contribution in [0.5, 0.6) is 5.75 Å². The molecular formula is C20H25N5O4S. The molecule has 2 amide bonds. The summed E-state index contributed by atoms with van der Waals surface area (Å²) >= 11 is 1.44. The zero-order valence-electron chi connectivity index (χ0n) is 17.3. The number of hydrogen-bond donors (Lipinski definition) is 3. The van der Waals surface area contributed by atoms with E-state index >= 15 is 0 Å². The zero-order chi connectivity index (χ0) is 21.4. The number of nitrogens with one attached hydrogen (secondary N) is 2. The molecule has 3 heterocycles. The Kier molecular flexibility index (Phi) is 5.52. The largest absolute Gasteiger partial charge is 0.497 e. The van der Waals surface area contributed by atoms with Gasteiger partial charge in [-0.1, -0.05) is 11.3 Å². The summed E-state index contributed by atoms with van der Waals surface area (Å²) in [6.07, 6.45) is 0.717. The predicted octanol–water partition coefficient (Wildman–Crippen LogP) is 3.31. The maximum absolute atomic E-state index is 12.1. The number of oxazole rings is 1. The summed E-state index contributed by atoms with van der Waals surface area (Å²) < 4.78 is 11.3. The van der Waals surface area contributed by atoms with Crippen LogP contribution in [-0.2, 0) is 6.42 Å². The lowest BCUT2D eigenvalue weighted by Gasteiger charge is -2.36. The fraction of sp³-hybridized carbons (Fsp3) is 0.450. The van der Waals surface area contributed by atoms with Crippen LogP contribution in [0.25, 0.3) is 11.1 Å². The van der Waals surface area contributed by atoms with Gasteiger partial charge in [0.2, 0.25) is 0 Å². The van der Waals surface area contributed by atoms with Crippen molar-refractivity contribution in [3.63, 3.8) is 0 Å². The van der Waals surface area contributed by atoms with Gasteiger partial charge in [0.25, 0.3) is 6.01 Å². The van der Waals surface area contributed by atoms with E-state index in [-0.39, 0.29) is 30.8 Å². The Labute approximate surface area is 178 Å². The average molecular weight is 432 g/mol. The van der Waals surface area contributed by atoms with Crippen molar-refractivity contribution in [2.45, 2.75) is 45.3 Å². The number of thiazole rings is 1. The number of fused-ring (bicyclic) bond motifs is 2. The van der Waals surface area contributed by atoms with Gasteiger partial charge in [-0.05, 0) is 32.9 Å². The first-order valence-corrected chi connectivity index (χ1v) is 10.6. The van der Waals surface area contributed by atoms with Crippen molar-refractivity contribution >= 4 is 39.6 Å². The molecule has 0 bridgehead atoms. The maximum atomic E-state index is 12.1. The molecule has 30 heavy (non-hydrogen) atoms. The monoisotopic (exact) mass is 431 g/mol. The van der Waals surface area contributed by atoms with E-state index in [1.807, 2.05) is 18.2 Å². The van der Waals surface area contributed by atoms with Gasteiger partial charge in [0.1, 0.15) is 11.3 Å². The van der Waals surface area contributed by atoms with E-state index in [0.29, 0.717) is 23.2 Å². The molecule has 0 aliphatic carbocycles. The Morgan fingerprint density at radius 3 is 2.97 bits per heavy atom. The second kappa shape index (κ2) is 8.11. The normalized spacial score (nSPS) is 19.4. The van der Waals surface area contributed by atoms with E-state index in [4.69, 9.17) is 14.3 Å². The van der Waals surface area contributed by atoms with Crippen LogP contribution in [-0.4, -0.2) is 46.9 Å². The van der Waals surface area contributed by atoms with E-state index in [2.05, 4.69) is 39.3 Å². The number of methoxy groups -OCH3 is 1. The summed E-state index contributed by atoms with van der Waals surface area (Å²) in [4.78, 5) is 24.6. The molecule has 2 aromatic heterocycles. The van der Waals surface area contributed by atoms with Crippen molar-refractivity contribution in [1.82, 2.24) is 15.3 Å². The number of benzene rings is 1. The number of aromatic nitrogens is 2. The second-order valence-corrected chi connectivity index (χ2v) is 8.51. The third kappa shape index (κ3) is 3.80. The highest BCUT2D eigenvalue weighted by Gasteiger charge is 2.35. The SMILES string of the molecule is COc1ccc2oc(N3[C@H](C)Cc4nc(NC(=O)N[C@H](C)CO)sc4[C@@H]3C)nc2c1. The number of ether oxygens (including phenoxy) is 1. The average Bonchev–Trinajstić information content (AvgIpc) is 3.30. The molecule has 0 saturated carbocycles. The summed E-state index contributed by atoms with van der Waals surface area (Å²) in [5.41, 5.74) is 2.42. The molecule has 0 spiro atoms. The Morgan fingerprint density at radius 1 is 1.43 bits per heavy atom. The Balaban J connectivity index is 1.58. The highest BCUT2D eigenvalue weighted by atomic mass is 32.1. The van der Waals surface area contributed by atoms with Gasteiger partial charge in [-0.2, -0.15) is 4.98 Å². The first-order chi connectivity index (χ1) is 14.4. The number of aliphatic hydroxyl groups is 1. The maximum Gasteiger partial charge on any atom is 0.321 e. The Morgan fingerprint density at radius 2 is 2.23 bits per heavy atom. The van der Waals surface area contributed by atoms with Crippen molar-refractivity contribution in [1.29, 1.82) is 0 Å². The molecular weight excluding hydrogens is 406 g/mol. The minimum Gasteiger partial charge on any atom is -0.497 e. The fourth-order valence-corrected chi connectivity index (χ4v) is 4.70. The smallest absolute Gasteiger partial charge is 0.321 e. The molecule has 3 atom stereocenters. The number of hydrogen-bond acceptors (Lipinski definition) is 8. The van der Waals surface area contributed by atoms with E-state index < -0.39 is 0 Å². The molecule has 9 nitrogen and oxygen atoms in total. The lowest BCUT2D eigenvalue weighted by Crippen LogP contribution is -2.41. The summed E-state index contributed by atoms with van der Waals surface area (Å²) in [6.45, 7) is 5.79. The van der Waals surface area contributed by atoms with Gasteiger partial charge in [0, 0.05) is 18.5 Å². The van der Waals surface area contributed by atoms with Gasteiger partial charge in [-0.3, -0.25) is 5.32 Å². The fourth-order valence-electron chi connectivity index (χ4n) is 3.67. The van der Waals surface area contributed by atoms with E-state index in [0.717, 1.165) is 21.8 Å². The van der Waals surface area contributed by atoms with Crippen molar-refractivity contribution in [2.75, 3.05) is 23.9 Å². The van der Waals surface area contributed by atoms with Crippen LogP contribution in [0.3, 0.4) is 0 Å². The van der Waals surface area contributed by atoms with Crippen molar-refractivity contribution < 1.29 is 19.1 Å². The molecule has 4 rings (SSSR count). The van der Waals surface area contributed by atoms with Gasteiger partial charge in [0.15, 0.2) is 10.7 Å². The quantitative estimate of drug-likeness (QED) is 0.568. The van der Waals surface area contributed by atoms with E-state index in [9.17, 15) is 4.79 Å². The number of amides is 2. The number of rotatable bonds is 5. The Bertz CT molecular complexity index is 1060. The van der Waals surface area contributed by atoms with Crippen molar-refractivity contribution in [2.24, 2.45) is 0 Å². The molecule has 0 unspecified atom stereocenters. The van der Waals surface area contributed by atoms with Crippen LogP contribution in [0.15, 0.2) is 22.6 Å². The van der Waals surface area contributed by atoms with E-state index in [1.165, 1.54) is 11.3 Å². The number of carbonyl (C=O) groups excluding carboxylic acids is 1. The Hall–Kier alpha value is -2.85. The zero-order valence-corrected chi connectivity index (χ0v) is 18.1. The molecule has 3 aromatic rings. The van der Waals surface area contributed by atoms with Gasteiger partial charge in [-0.25, -0.2) is 9.78 Å². The van der Waals surface area contributed by atoms with Gasteiger partial charge in [0.05, 0.1) is 36.4 Å². The highest BCUT2D eigenvalue weighted by molar-refractivity contribution is 7.16. The number of nitrogens with zero attached hydrogens (tertiary/aromatic N) is 3. The van der Waals surface area contributed by atoms with Crippen LogP contribution in [0.2, 0.25) is 0 Å². The predicted molar refractivity (Wildman–Crippen MR) is 115 cm³/mol. The molecule has 0 saturated heterocycles. The topological polar surface area (TPSA) is 113 Å². The van der Waals surface area contributed by atoms with Gasteiger partial charge >= 0.3 is 6.03 Å². The minimum atomic E-state index is -0.381. The first kappa shape index (κ1) is 20.4. The van der Waals surface area contributed by atoms with Crippen LogP contribution in [0.1, 0.15) is 37.4 Å². The van der Waals surface area contributed by atoms with Crippen molar-refractivity contribution in [3.05, 3.63) is 28.8 Å². The summed E-state index contributed by atoms with van der Waals surface area (Å²) in [7, 11) is 1.62. The van der Waals surface area contributed by atoms with Crippen LogP contribution in [0, 0.1) is 0 Å². The summed E-state index contributed by atoms with van der Waals surface area (Å²) in [6, 6.07) is 5.53. The van der Waals surface area contributed by atoms with E-state index in [1.54, 1.807) is 14.0 Å². The molecule has 1 aliphatic rings. The van der Waals surface area contributed by atoms with Gasteiger partial charge < -0.3 is 24.5 Å². The molecule has 0 fully saturated rings. The number of aliphatic hydroxyl groups excluding tert-OH is 1. The lowest BCUT2D eigenvalue weighted by molar-refractivity contribution is 0.229. The molecule has 3 N–H and O–H groups in total. The van der Waals surface area contributed by atoms with Crippen LogP contribution < -0.4 is 20.3 Å². The number of carbonyl (C=O) groups is 1. The summed E-state index contributed by atoms with van der Waals surface area (Å²) in [5.74, 6) is 0.733. The van der Waals surface area contributed by atoms with Crippen LogP contribution in [0.4, 0.5) is 15.9 Å². The van der Waals surface area contributed by atoms with Crippen molar-refractivity contribution in [3.8, 4) is 5.75 Å². The third-order valence-corrected chi connectivity index (χ3v) is 6.35. The standard InChI is InChI=1S/C20H25N5O4S/c1-10(9-26)21-18(27)24-19-22-15-7-11(2)25(12(3)17(15)30-19)20-23-14-8-13(28-4)5-6-16(14)29-20/h5-6,8,10-12,26H,7,9H2,1-4H3,(H2,21,22,24,27)/t10-,11-,12+/m1/s1. The lowest BCUT2D eigenvalue weighted by atomic mass is 10.0. The molecule has 0 radical (unpaired) electrons. The third-order valence-electron chi connectivity index (χ3n) is 5.16. The molecule has 1 aliphatic heterocycles. The first-order valence-electron chi connectivity index (χ1n) is 9.80. The second-order valence-electron chi connectivity index (χ2n) is 7.48. The van der Waals surface area contributed by atoms with Crippen LogP contribution >= 0.6 is 11.3 Å².